The second kappa shape index (κ2) is 7.97. The van der Waals surface area contributed by atoms with Gasteiger partial charge in [0.2, 0.25) is 0 Å². The predicted octanol–water partition coefficient (Wildman–Crippen LogP) is 1.55. The molecule has 0 atom stereocenters. The summed E-state index contributed by atoms with van der Waals surface area (Å²) in [6.07, 6.45) is 0.514. The Labute approximate surface area is 132 Å². The highest BCUT2D eigenvalue weighted by Crippen LogP contribution is 2.35. The van der Waals surface area contributed by atoms with E-state index < -0.39 is 29.0 Å². The molecule has 126 valence electrons. The monoisotopic (exact) mass is 326 g/mol. The normalized spacial score (nSPS) is 10.0. The number of amides is 1. The number of carboxylic acids is 1. The number of nitro benzene ring substituents is 1. The maximum atomic E-state index is 12.5. The molecule has 0 radical (unpaired) electrons. The molecule has 0 saturated heterocycles. The lowest BCUT2D eigenvalue weighted by Gasteiger charge is -2.20. The van der Waals surface area contributed by atoms with Crippen molar-refractivity contribution in [3.63, 3.8) is 0 Å². The average molecular weight is 326 g/mol. The van der Waals surface area contributed by atoms with Crippen LogP contribution < -0.4 is 9.47 Å². The molecule has 0 aliphatic heterocycles. The summed E-state index contributed by atoms with van der Waals surface area (Å²) in [6, 6.07) is 2.26. The summed E-state index contributed by atoms with van der Waals surface area (Å²) in [5.41, 5.74) is -0.721. The lowest BCUT2D eigenvalue weighted by Crippen LogP contribution is -2.36. The van der Waals surface area contributed by atoms with Gasteiger partial charge in [-0.1, -0.05) is 6.92 Å². The fraction of sp³-hybridized carbons (Fsp3) is 0.429. The number of ether oxygens (including phenoxy) is 2. The molecule has 1 rings (SSSR count). The minimum atomic E-state index is -1.20. The fourth-order valence-electron chi connectivity index (χ4n) is 2.05. The second-order valence-electron chi connectivity index (χ2n) is 4.60. The van der Waals surface area contributed by atoms with Crippen molar-refractivity contribution in [3.05, 3.63) is 27.8 Å². The van der Waals surface area contributed by atoms with Crippen LogP contribution in [0.3, 0.4) is 0 Å². The molecule has 9 heteroatoms. The number of nitrogens with zero attached hydrogens (tertiary/aromatic N) is 2. The molecular weight excluding hydrogens is 308 g/mol. The molecule has 9 nitrogen and oxygen atoms in total. The van der Waals surface area contributed by atoms with Crippen LogP contribution in [0.25, 0.3) is 0 Å². The molecule has 0 spiro atoms. The van der Waals surface area contributed by atoms with Crippen LogP contribution in [0, 0.1) is 10.1 Å². The zero-order valence-electron chi connectivity index (χ0n) is 13.1. The fourth-order valence-corrected chi connectivity index (χ4v) is 2.05. The summed E-state index contributed by atoms with van der Waals surface area (Å²) in [5.74, 6) is -1.69. The summed E-state index contributed by atoms with van der Waals surface area (Å²) in [6.45, 7) is 1.39. The van der Waals surface area contributed by atoms with E-state index >= 15 is 0 Å². The zero-order chi connectivity index (χ0) is 17.6. The van der Waals surface area contributed by atoms with Gasteiger partial charge in [-0.2, -0.15) is 0 Å². The number of carbonyl (C=O) groups excluding carboxylic acids is 1. The van der Waals surface area contributed by atoms with Crippen molar-refractivity contribution in [2.45, 2.75) is 13.3 Å². The van der Waals surface area contributed by atoms with Gasteiger partial charge in [0.25, 0.3) is 11.6 Å². The Kier molecular flexibility index (Phi) is 6.31. The van der Waals surface area contributed by atoms with Crippen LogP contribution in [0.5, 0.6) is 11.5 Å². The van der Waals surface area contributed by atoms with Gasteiger partial charge in [-0.25, -0.2) is 0 Å². The first kappa shape index (κ1) is 18.2. The predicted molar refractivity (Wildman–Crippen MR) is 80.0 cm³/mol. The average Bonchev–Trinajstić information content (AvgIpc) is 2.51. The lowest BCUT2D eigenvalue weighted by molar-refractivity contribution is -0.385. The molecule has 0 heterocycles. The largest absolute Gasteiger partial charge is 0.493 e. The Bertz CT molecular complexity index is 615. The first-order chi connectivity index (χ1) is 10.8. The van der Waals surface area contributed by atoms with E-state index in [1.54, 1.807) is 6.92 Å². The highest BCUT2D eigenvalue weighted by atomic mass is 16.6. The molecule has 1 aromatic rings. The molecule has 0 bridgehead atoms. The number of carbonyl (C=O) groups is 2. The van der Waals surface area contributed by atoms with Crippen molar-refractivity contribution < 1.29 is 29.1 Å². The van der Waals surface area contributed by atoms with Crippen molar-refractivity contribution in [1.82, 2.24) is 4.90 Å². The van der Waals surface area contributed by atoms with Crippen molar-refractivity contribution in [2.24, 2.45) is 0 Å². The summed E-state index contributed by atoms with van der Waals surface area (Å²) in [5, 5.41) is 20.1. The third-order valence-electron chi connectivity index (χ3n) is 3.04. The number of carboxylic acid groups (broad SMARTS) is 1. The quantitative estimate of drug-likeness (QED) is 0.568. The molecule has 0 saturated carbocycles. The van der Waals surface area contributed by atoms with Gasteiger partial charge in [-0.15, -0.1) is 0 Å². The number of aliphatic carboxylic acids is 1. The molecule has 0 aliphatic rings. The van der Waals surface area contributed by atoms with Crippen molar-refractivity contribution in [1.29, 1.82) is 0 Å². The Morgan fingerprint density at radius 1 is 1.26 bits per heavy atom. The Morgan fingerprint density at radius 3 is 2.26 bits per heavy atom. The zero-order valence-corrected chi connectivity index (χ0v) is 13.1. The van der Waals surface area contributed by atoms with E-state index in [0.717, 1.165) is 11.0 Å². The number of methoxy groups -OCH3 is 2. The highest BCUT2D eigenvalue weighted by molar-refractivity contribution is 6.00. The van der Waals surface area contributed by atoms with Gasteiger partial charge in [0, 0.05) is 12.6 Å². The molecule has 0 aliphatic carbocycles. The van der Waals surface area contributed by atoms with E-state index in [4.69, 9.17) is 14.6 Å². The van der Waals surface area contributed by atoms with Crippen LogP contribution in [0.2, 0.25) is 0 Å². The van der Waals surface area contributed by atoms with Gasteiger partial charge >= 0.3 is 5.97 Å². The summed E-state index contributed by atoms with van der Waals surface area (Å²) >= 11 is 0. The molecule has 1 aromatic carbocycles. The van der Waals surface area contributed by atoms with Crippen LogP contribution in [0.1, 0.15) is 23.7 Å². The second-order valence-corrected chi connectivity index (χ2v) is 4.60. The third-order valence-corrected chi connectivity index (χ3v) is 3.04. The molecule has 0 fully saturated rings. The molecule has 1 amide bonds. The summed E-state index contributed by atoms with van der Waals surface area (Å²) < 4.78 is 10.0. The van der Waals surface area contributed by atoms with Gasteiger partial charge in [-0.3, -0.25) is 19.7 Å². The highest BCUT2D eigenvalue weighted by Gasteiger charge is 2.28. The standard InChI is InChI=1S/C14H18N2O7/c1-4-5-15(8-13(17)18)14(19)9-6-11(22-2)12(23-3)7-10(9)16(20)21/h6-7H,4-5,8H2,1-3H3,(H,17,18). The minimum Gasteiger partial charge on any atom is -0.493 e. The van der Waals surface area contributed by atoms with Crippen LogP contribution >= 0.6 is 0 Å². The maximum absolute atomic E-state index is 12.5. The molecular formula is C14H18N2O7. The number of hydrogen-bond acceptors (Lipinski definition) is 6. The van der Waals surface area contributed by atoms with Crippen molar-refractivity contribution in [2.75, 3.05) is 27.3 Å². The molecule has 1 N–H and O–H groups in total. The van der Waals surface area contributed by atoms with Gasteiger partial charge in [-0.05, 0) is 6.42 Å². The maximum Gasteiger partial charge on any atom is 0.323 e. The van der Waals surface area contributed by atoms with E-state index in [-0.39, 0.29) is 23.6 Å². The first-order valence-electron chi connectivity index (χ1n) is 6.77. The Morgan fingerprint density at radius 2 is 1.83 bits per heavy atom. The third kappa shape index (κ3) is 4.31. The van der Waals surface area contributed by atoms with Gasteiger partial charge in [0.15, 0.2) is 11.5 Å². The summed E-state index contributed by atoms with van der Waals surface area (Å²) in [7, 11) is 2.65. The van der Waals surface area contributed by atoms with Crippen LogP contribution in [-0.4, -0.2) is 54.1 Å². The van der Waals surface area contributed by atoms with Gasteiger partial charge in [0.1, 0.15) is 12.1 Å². The van der Waals surface area contributed by atoms with Gasteiger partial charge in [0.05, 0.1) is 25.2 Å². The van der Waals surface area contributed by atoms with Crippen molar-refractivity contribution >= 4 is 17.6 Å². The number of rotatable bonds is 8. The first-order valence-corrected chi connectivity index (χ1v) is 6.77. The van der Waals surface area contributed by atoms with E-state index in [1.165, 1.54) is 20.3 Å². The van der Waals surface area contributed by atoms with E-state index in [9.17, 15) is 19.7 Å². The molecule has 0 unspecified atom stereocenters. The van der Waals surface area contributed by atoms with E-state index in [0.29, 0.717) is 6.42 Å². The number of benzene rings is 1. The van der Waals surface area contributed by atoms with Gasteiger partial charge < -0.3 is 19.5 Å². The molecule has 23 heavy (non-hydrogen) atoms. The van der Waals surface area contributed by atoms with E-state index in [1.807, 2.05) is 0 Å². The number of nitro groups is 1. The SMILES string of the molecule is CCCN(CC(=O)O)C(=O)c1cc(OC)c(OC)cc1[N+](=O)[O-]. The smallest absolute Gasteiger partial charge is 0.323 e. The Balaban J connectivity index is 3.39. The van der Waals surface area contributed by atoms with Crippen LogP contribution in [0.4, 0.5) is 5.69 Å². The lowest BCUT2D eigenvalue weighted by atomic mass is 10.1. The van der Waals surface area contributed by atoms with Crippen molar-refractivity contribution in [3.8, 4) is 11.5 Å². The number of hydrogen-bond donors (Lipinski definition) is 1. The summed E-state index contributed by atoms with van der Waals surface area (Å²) in [4.78, 5) is 35.0. The van der Waals surface area contributed by atoms with Crippen LogP contribution in [-0.2, 0) is 4.79 Å². The Hall–Kier alpha value is -2.84. The molecule has 0 aromatic heterocycles. The van der Waals surface area contributed by atoms with E-state index in [2.05, 4.69) is 0 Å². The minimum absolute atomic E-state index is 0.107. The van der Waals surface area contributed by atoms with Crippen LogP contribution in [0.15, 0.2) is 12.1 Å². The topological polar surface area (TPSA) is 119 Å².